The van der Waals surface area contributed by atoms with E-state index in [1.165, 1.54) is 0 Å². The van der Waals surface area contributed by atoms with Crippen LogP contribution in [0.25, 0.3) is 0 Å². The molecule has 2 N–H and O–H groups in total. The molecule has 1 aromatic rings. The fraction of sp³-hybridized carbons (Fsp3) is 0.500. The lowest BCUT2D eigenvalue weighted by Crippen LogP contribution is -2.51. The lowest BCUT2D eigenvalue weighted by molar-refractivity contribution is 0.0693. The van der Waals surface area contributed by atoms with Crippen LogP contribution in [0.5, 0.6) is 5.88 Å². The molecule has 0 saturated carbocycles. The minimum Gasteiger partial charge on any atom is -0.474 e. The van der Waals surface area contributed by atoms with Crippen LogP contribution in [0.15, 0.2) is 12.1 Å². The van der Waals surface area contributed by atoms with Gasteiger partial charge >= 0.3 is 0 Å². The van der Waals surface area contributed by atoms with Crippen molar-refractivity contribution in [1.82, 2.24) is 4.98 Å². The molecule has 5 nitrogen and oxygen atoms in total. The average molecular weight is 207 g/mol. The highest BCUT2D eigenvalue weighted by Gasteiger charge is 2.30. The Morgan fingerprint density at radius 1 is 1.40 bits per heavy atom. The first kappa shape index (κ1) is 8.79. The van der Waals surface area contributed by atoms with Crippen LogP contribution in [-0.2, 0) is 4.74 Å². The first-order valence-electron chi connectivity index (χ1n) is 5.08. The molecule has 1 fully saturated rings. The first-order chi connectivity index (χ1) is 7.34. The van der Waals surface area contributed by atoms with Gasteiger partial charge in [0.05, 0.1) is 19.3 Å². The Morgan fingerprint density at radius 3 is 3.27 bits per heavy atom. The molecule has 1 aromatic heterocycles. The second-order valence-corrected chi connectivity index (χ2v) is 3.79. The molecular formula is C10H13N3O2. The van der Waals surface area contributed by atoms with Gasteiger partial charge in [0.15, 0.2) is 0 Å². The molecule has 0 aromatic carbocycles. The van der Waals surface area contributed by atoms with Crippen molar-refractivity contribution in [2.75, 3.05) is 37.0 Å². The lowest BCUT2D eigenvalue weighted by Gasteiger charge is -2.40. The standard InChI is InChI=1S/C10H13N3O2/c11-9-2-1-8-10(12-9)15-6-7-5-14-4-3-13(7)8/h1-2,7H,3-6H2,(H2,11,12)/t7-/m1/s1. The molecule has 0 spiro atoms. The largest absolute Gasteiger partial charge is 0.474 e. The SMILES string of the molecule is Nc1ccc2c(n1)OC[C@H]1COCCN21. The number of nitrogens with zero attached hydrogens (tertiary/aromatic N) is 2. The van der Waals surface area contributed by atoms with Crippen molar-refractivity contribution in [1.29, 1.82) is 0 Å². The highest BCUT2D eigenvalue weighted by molar-refractivity contribution is 5.60. The van der Waals surface area contributed by atoms with Crippen LogP contribution < -0.4 is 15.4 Å². The number of nitrogens with two attached hydrogens (primary N) is 1. The van der Waals surface area contributed by atoms with Crippen LogP contribution in [0.4, 0.5) is 11.5 Å². The highest BCUT2D eigenvalue weighted by atomic mass is 16.5. The number of anilines is 2. The number of fused-ring (bicyclic) bond motifs is 3. The molecule has 2 aliphatic rings. The van der Waals surface area contributed by atoms with Crippen LogP contribution in [0, 0.1) is 0 Å². The third-order valence-corrected chi connectivity index (χ3v) is 2.81. The van der Waals surface area contributed by atoms with Gasteiger partial charge in [0.25, 0.3) is 0 Å². The summed E-state index contributed by atoms with van der Waals surface area (Å²) < 4.78 is 11.0. The molecule has 0 amide bonds. The minimum atomic E-state index is 0.316. The van der Waals surface area contributed by atoms with Crippen molar-refractivity contribution in [3.05, 3.63) is 12.1 Å². The number of ether oxygens (including phenoxy) is 2. The van der Waals surface area contributed by atoms with Crippen LogP contribution in [-0.4, -0.2) is 37.4 Å². The molecule has 0 bridgehead atoms. The predicted octanol–water partition coefficient (Wildman–Crippen LogP) is 0.261. The molecule has 2 aliphatic heterocycles. The molecule has 80 valence electrons. The van der Waals surface area contributed by atoms with E-state index in [-0.39, 0.29) is 0 Å². The molecule has 0 unspecified atom stereocenters. The smallest absolute Gasteiger partial charge is 0.239 e. The summed E-state index contributed by atoms with van der Waals surface area (Å²) >= 11 is 0. The summed E-state index contributed by atoms with van der Waals surface area (Å²) in [7, 11) is 0. The Labute approximate surface area is 87.8 Å². The van der Waals surface area contributed by atoms with Crippen molar-refractivity contribution >= 4 is 11.5 Å². The van der Waals surface area contributed by atoms with Crippen molar-refractivity contribution in [2.24, 2.45) is 0 Å². The third-order valence-electron chi connectivity index (χ3n) is 2.81. The fourth-order valence-corrected chi connectivity index (χ4v) is 2.06. The Bertz CT molecular complexity index is 383. The van der Waals surface area contributed by atoms with Crippen molar-refractivity contribution in [3.8, 4) is 5.88 Å². The molecule has 1 saturated heterocycles. The summed E-state index contributed by atoms with van der Waals surface area (Å²) in [5.41, 5.74) is 6.65. The van der Waals surface area contributed by atoms with Gasteiger partial charge in [0.1, 0.15) is 18.1 Å². The fourth-order valence-electron chi connectivity index (χ4n) is 2.06. The van der Waals surface area contributed by atoms with Crippen LogP contribution in [0.1, 0.15) is 0 Å². The van der Waals surface area contributed by atoms with Crippen molar-refractivity contribution in [3.63, 3.8) is 0 Å². The van der Waals surface area contributed by atoms with Gasteiger partial charge in [-0.25, -0.2) is 0 Å². The summed E-state index contributed by atoms with van der Waals surface area (Å²) in [4.78, 5) is 6.46. The van der Waals surface area contributed by atoms with E-state index in [0.717, 1.165) is 25.4 Å². The topological polar surface area (TPSA) is 60.6 Å². The molecule has 3 rings (SSSR count). The quantitative estimate of drug-likeness (QED) is 0.661. The van der Waals surface area contributed by atoms with Gasteiger partial charge in [-0.3, -0.25) is 0 Å². The van der Waals surface area contributed by atoms with E-state index < -0.39 is 0 Å². The zero-order valence-corrected chi connectivity index (χ0v) is 8.35. The van der Waals surface area contributed by atoms with E-state index in [2.05, 4.69) is 9.88 Å². The summed E-state index contributed by atoms with van der Waals surface area (Å²) in [5, 5.41) is 0. The number of hydrogen-bond acceptors (Lipinski definition) is 5. The number of rotatable bonds is 0. The molecule has 5 heteroatoms. The van der Waals surface area contributed by atoms with Gasteiger partial charge in [-0.15, -0.1) is 0 Å². The molecule has 3 heterocycles. The van der Waals surface area contributed by atoms with Gasteiger partial charge in [0.2, 0.25) is 5.88 Å². The van der Waals surface area contributed by atoms with Crippen LogP contribution in [0.3, 0.4) is 0 Å². The van der Waals surface area contributed by atoms with E-state index >= 15 is 0 Å². The maximum absolute atomic E-state index is 5.62. The van der Waals surface area contributed by atoms with Crippen molar-refractivity contribution < 1.29 is 9.47 Å². The van der Waals surface area contributed by atoms with Crippen molar-refractivity contribution in [2.45, 2.75) is 6.04 Å². The zero-order chi connectivity index (χ0) is 10.3. The van der Waals surface area contributed by atoms with Gasteiger partial charge < -0.3 is 20.1 Å². The lowest BCUT2D eigenvalue weighted by atomic mass is 10.2. The molecule has 0 radical (unpaired) electrons. The summed E-state index contributed by atoms with van der Waals surface area (Å²) in [6.07, 6.45) is 0. The predicted molar refractivity (Wildman–Crippen MR) is 56.1 cm³/mol. The summed E-state index contributed by atoms with van der Waals surface area (Å²) in [6, 6.07) is 4.09. The molecule has 15 heavy (non-hydrogen) atoms. The highest BCUT2D eigenvalue weighted by Crippen LogP contribution is 2.33. The van der Waals surface area contributed by atoms with Gasteiger partial charge in [0, 0.05) is 6.54 Å². The van der Waals surface area contributed by atoms with E-state index in [4.69, 9.17) is 15.2 Å². The first-order valence-corrected chi connectivity index (χ1v) is 5.08. The van der Waals surface area contributed by atoms with E-state index in [1.54, 1.807) is 6.07 Å². The second kappa shape index (κ2) is 3.27. The van der Waals surface area contributed by atoms with E-state index in [1.807, 2.05) is 6.07 Å². The molecule has 1 atom stereocenters. The zero-order valence-electron chi connectivity index (χ0n) is 8.35. The third kappa shape index (κ3) is 1.39. The average Bonchev–Trinajstić information content (AvgIpc) is 2.28. The normalized spacial score (nSPS) is 24.0. The number of hydrogen-bond donors (Lipinski definition) is 1. The maximum Gasteiger partial charge on any atom is 0.239 e. The Balaban J connectivity index is 1.99. The van der Waals surface area contributed by atoms with Gasteiger partial charge in [-0.05, 0) is 12.1 Å². The van der Waals surface area contributed by atoms with Crippen LogP contribution in [0.2, 0.25) is 0 Å². The molecular weight excluding hydrogens is 194 g/mol. The van der Waals surface area contributed by atoms with Gasteiger partial charge in [-0.1, -0.05) is 0 Å². The number of nitrogen functional groups attached to an aromatic ring is 1. The summed E-state index contributed by atoms with van der Waals surface area (Å²) in [5.74, 6) is 1.15. The minimum absolute atomic E-state index is 0.316. The Hall–Kier alpha value is -1.49. The second-order valence-electron chi connectivity index (χ2n) is 3.79. The number of morpholine rings is 1. The Morgan fingerprint density at radius 2 is 2.33 bits per heavy atom. The van der Waals surface area contributed by atoms with Crippen LogP contribution >= 0.6 is 0 Å². The summed E-state index contributed by atoms with van der Waals surface area (Å²) in [6.45, 7) is 3.01. The van der Waals surface area contributed by atoms with E-state index in [9.17, 15) is 0 Å². The van der Waals surface area contributed by atoms with Gasteiger partial charge in [-0.2, -0.15) is 4.98 Å². The monoisotopic (exact) mass is 207 g/mol. The number of aromatic nitrogens is 1. The van der Waals surface area contributed by atoms with E-state index in [0.29, 0.717) is 24.3 Å². The molecule has 0 aliphatic carbocycles. The number of pyridine rings is 1. The maximum atomic E-state index is 5.62. The Kier molecular flexibility index (Phi) is 1.92.